The zero-order chi connectivity index (χ0) is 27.1. The third kappa shape index (κ3) is 4.10. The first-order chi connectivity index (χ1) is 19.7. The molecule has 1 aliphatic rings. The van der Waals surface area contributed by atoms with E-state index in [-0.39, 0.29) is 12.5 Å². The van der Waals surface area contributed by atoms with Crippen molar-refractivity contribution >= 4 is 22.1 Å². The number of oxime groups is 1. The molecule has 4 aromatic carbocycles. The molecule has 7 rings (SSSR count). The van der Waals surface area contributed by atoms with Gasteiger partial charge in [0.05, 0.1) is 18.4 Å². The second-order valence-corrected chi connectivity index (χ2v) is 9.59. The van der Waals surface area contributed by atoms with Gasteiger partial charge >= 0.3 is 0 Å². The molecule has 196 valence electrons. The summed E-state index contributed by atoms with van der Waals surface area (Å²) in [6.45, 7) is 2.03. The molecule has 8 nitrogen and oxygen atoms in total. The minimum atomic E-state index is -0.179. The van der Waals surface area contributed by atoms with Gasteiger partial charge in [-0.05, 0) is 35.6 Å². The van der Waals surface area contributed by atoms with Crippen LogP contribution in [0.4, 0.5) is 0 Å². The number of fused-ring (bicyclic) bond motifs is 6. The van der Waals surface area contributed by atoms with Gasteiger partial charge in [0.15, 0.2) is 18.1 Å². The van der Waals surface area contributed by atoms with Crippen molar-refractivity contribution in [3.05, 3.63) is 125 Å². The zero-order valence-electron chi connectivity index (χ0n) is 22.0. The van der Waals surface area contributed by atoms with Crippen LogP contribution in [0.5, 0.6) is 17.4 Å². The maximum absolute atomic E-state index is 6.50. The van der Waals surface area contributed by atoms with Crippen LogP contribution in [0.25, 0.3) is 16.4 Å². The second-order valence-electron chi connectivity index (χ2n) is 9.59. The molecule has 0 N–H and O–H groups in total. The topological polar surface area (TPSA) is 83.1 Å². The maximum atomic E-state index is 6.50. The van der Waals surface area contributed by atoms with Crippen LogP contribution in [0.2, 0.25) is 0 Å². The van der Waals surface area contributed by atoms with Crippen molar-refractivity contribution in [3.8, 4) is 17.4 Å². The number of hydrogen-bond acceptors (Lipinski definition) is 7. The Labute approximate surface area is 230 Å². The van der Waals surface area contributed by atoms with E-state index in [4.69, 9.17) is 19.3 Å². The SMILES string of the molecule is COc1ccc(C2c3ccc4ccccc4c3Oc3ncn4nc(CON=C(C)c5ccccc5)nc4c32)cc1. The monoisotopic (exact) mass is 527 g/mol. The normalized spacial score (nSPS) is 14.4. The number of methoxy groups -OCH3 is 1. The van der Waals surface area contributed by atoms with E-state index in [9.17, 15) is 0 Å². The van der Waals surface area contributed by atoms with Gasteiger partial charge in [0.25, 0.3) is 0 Å². The smallest absolute Gasteiger partial charge is 0.228 e. The van der Waals surface area contributed by atoms with Gasteiger partial charge in [-0.15, -0.1) is 5.10 Å². The fourth-order valence-electron chi connectivity index (χ4n) is 5.21. The standard InChI is InChI=1S/C32H25N5O3/c1-20(21-8-4-3-5-9-21)36-39-18-27-34-31-29-28(23-12-15-24(38-2)16-13-23)26-17-14-22-10-6-7-11-25(22)30(26)40-32(29)33-19-37(31)35-27/h3-17,19,28H,18H2,1-2H3. The molecule has 0 spiro atoms. The van der Waals surface area contributed by atoms with Crippen molar-refractivity contribution in [2.24, 2.45) is 5.16 Å². The summed E-state index contributed by atoms with van der Waals surface area (Å²) in [6, 6.07) is 30.4. The first kappa shape index (κ1) is 23.8. The molecule has 40 heavy (non-hydrogen) atoms. The van der Waals surface area contributed by atoms with Crippen LogP contribution in [0.15, 0.2) is 102 Å². The van der Waals surface area contributed by atoms with E-state index in [0.29, 0.717) is 17.4 Å². The van der Waals surface area contributed by atoms with E-state index < -0.39 is 0 Å². The van der Waals surface area contributed by atoms with Crippen LogP contribution in [-0.2, 0) is 11.4 Å². The number of nitrogens with zero attached hydrogens (tertiary/aromatic N) is 5. The van der Waals surface area contributed by atoms with E-state index >= 15 is 0 Å². The second kappa shape index (κ2) is 9.81. The highest BCUT2D eigenvalue weighted by molar-refractivity contribution is 5.98. The molecule has 0 saturated carbocycles. The van der Waals surface area contributed by atoms with Crippen LogP contribution >= 0.6 is 0 Å². The highest BCUT2D eigenvalue weighted by Gasteiger charge is 2.34. The molecule has 0 fully saturated rings. The summed E-state index contributed by atoms with van der Waals surface area (Å²) in [5, 5.41) is 11.0. The average Bonchev–Trinajstić information content (AvgIpc) is 3.43. The van der Waals surface area contributed by atoms with Crippen LogP contribution in [0.3, 0.4) is 0 Å². The van der Waals surface area contributed by atoms with E-state index in [0.717, 1.165) is 50.2 Å². The van der Waals surface area contributed by atoms with Gasteiger partial charge < -0.3 is 14.3 Å². The first-order valence-electron chi connectivity index (χ1n) is 13.0. The Kier molecular flexibility index (Phi) is 5.85. The molecule has 0 amide bonds. The average molecular weight is 528 g/mol. The van der Waals surface area contributed by atoms with E-state index in [1.54, 1.807) is 18.0 Å². The van der Waals surface area contributed by atoms with Crippen molar-refractivity contribution in [2.45, 2.75) is 19.4 Å². The van der Waals surface area contributed by atoms with E-state index in [1.807, 2.05) is 61.5 Å². The van der Waals surface area contributed by atoms with Crippen molar-refractivity contribution in [3.63, 3.8) is 0 Å². The van der Waals surface area contributed by atoms with Gasteiger partial charge in [-0.25, -0.2) is 14.5 Å². The minimum absolute atomic E-state index is 0.121. The summed E-state index contributed by atoms with van der Waals surface area (Å²) >= 11 is 0. The molecular weight excluding hydrogens is 502 g/mol. The lowest BCUT2D eigenvalue weighted by atomic mass is 9.83. The molecule has 0 radical (unpaired) electrons. The fourth-order valence-corrected chi connectivity index (χ4v) is 5.21. The Morgan fingerprint density at radius 3 is 2.58 bits per heavy atom. The fraction of sp³-hybridized carbons (Fsp3) is 0.125. The molecule has 1 atom stereocenters. The summed E-state index contributed by atoms with van der Waals surface area (Å²) < 4.78 is 13.6. The molecule has 0 aliphatic carbocycles. The highest BCUT2D eigenvalue weighted by Crippen LogP contribution is 2.50. The van der Waals surface area contributed by atoms with Crippen molar-refractivity contribution in [1.82, 2.24) is 19.6 Å². The molecule has 1 aliphatic heterocycles. The Bertz CT molecular complexity index is 1880. The minimum Gasteiger partial charge on any atom is -0.497 e. The molecule has 0 bridgehead atoms. The van der Waals surface area contributed by atoms with Crippen LogP contribution in [0.1, 0.15) is 40.9 Å². The van der Waals surface area contributed by atoms with Gasteiger partial charge in [-0.2, -0.15) is 0 Å². The molecule has 2 aromatic heterocycles. The molecule has 6 aromatic rings. The predicted octanol–water partition coefficient (Wildman–Crippen LogP) is 6.51. The summed E-state index contributed by atoms with van der Waals surface area (Å²) in [4.78, 5) is 15.2. The summed E-state index contributed by atoms with van der Waals surface area (Å²) in [7, 11) is 1.67. The van der Waals surface area contributed by atoms with Crippen LogP contribution < -0.4 is 9.47 Å². The number of hydrogen-bond donors (Lipinski definition) is 0. The van der Waals surface area contributed by atoms with Crippen molar-refractivity contribution in [2.75, 3.05) is 7.11 Å². The molecule has 0 saturated heterocycles. The first-order valence-corrected chi connectivity index (χ1v) is 13.0. The number of ether oxygens (including phenoxy) is 2. The number of rotatable bonds is 6. The maximum Gasteiger partial charge on any atom is 0.228 e. The summed E-state index contributed by atoms with van der Waals surface area (Å²) in [5.41, 5.74) is 5.38. The van der Waals surface area contributed by atoms with Gasteiger partial charge in [0.2, 0.25) is 5.88 Å². The number of benzene rings is 4. The van der Waals surface area contributed by atoms with Gasteiger partial charge in [0, 0.05) is 16.9 Å². The van der Waals surface area contributed by atoms with Crippen molar-refractivity contribution in [1.29, 1.82) is 0 Å². The van der Waals surface area contributed by atoms with Crippen LogP contribution in [-0.4, -0.2) is 32.4 Å². The highest BCUT2D eigenvalue weighted by atomic mass is 16.6. The molecule has 1 unspecified atom stereocenters. The Morgan fingerprint density at radius 1 is 0.950 bits per heavy atom. The quantitative estimate of drug-likeness (QED) is 0.181. The molecule has 3 heterocycles. The zero-order valence-corrected chi connectivity index (χ0v) is 22.0. The lowest BCUT2D eigenvalue weighted by Gasteiger charge is -2.28. The van der Waals surface area contributed by atoms with Crippen molar-refractivity contribution < 1.29 is 14.3 Å². The Hall–Kier alpha value is -5.24. The Morgan fingerprint density at radius 2 is 1.75 bits per heavy atom. The van der Waals surface area contributed by atoms with Crippen LogP contribution in [0, 0.1) is 0 Å². The summed E-state index contributed by atoms with van der Waals surface area (Å²) in [5.74, 6) is 2.42. The largest absolute Gasteiger partial charge is 0.497 e. The third-order valence-electron chi connectivity index (χ3n) is 7.18. The molecular formula is C32H25N5O3. The van der Waals surface area contributed by atoms with E-state index in [2.05, 4.69) is 51.6 Å². The lowest BCUT2D eigenvalue weighted by molar-refractivity contribution is 0.125. The van der Waals surface area contributed by atoms with E-state index in [1.165, 1.54) is 0 Å². The van der Waals surface area contributed by atoms with Gasteiger partial charge in [-0.1, -0.05) is 84.0 Å². The van der Waals surface area contributed by atoms with Gasteiger partial charge in [-0.3, -0.25) is 0 Å². The molecule has 8 heteroatoms. The summed E-state index contributed by atoms with van der Waals surface area (Å²) in [6.07, 6.45) is 1.63. The lowest BCUT2D eigenvalue weighted by Crippen LogP contribution is -2.15. The predicted molar refractivity (Wildman–Crippen MR) is 152 cm³/mol. The van der Waals surface area contributed by atoms with Gasteiger partial charge in [0.1, 0.15) is 17.8 Å². The third-order valence-corrected chi connectivity index (χ3v) is 7.18. The number of aromatic nitrogens is 4. The Balaban J connectivity index is 1.31.